The predicted molar refractivity (Wildman–Crippen MR) is 83.0 cm³/mol. The van der Waals surface area contributed by atoms with Crippen molar-refractivity contribution in [3.8, 4) is 0 Å². The largest absolute Gasteiger partial charge is 3.00 e. The molecule has 0 aliphatic rings. The number of Topliss-reactive ketones (excluding diaryl/α,β-unsaturated/α-hetero) is 2. The van der Waals surface area contributed by atoms with Gasteiger partial charge in [-0.2, -0.15) is 0 Å². The van der Waals surface area contributed by atoms with Crippen LogP contribution in [0.1, 0.15) is 20.3 Å². The summed E-state index contributed by atoms with van der Waals surface area (Å²) >= 11 is 0. The zero-order valence-corrected chi connectivity index (χ0v) is 14.1. The summed E-state index contributed by atoms with van der Waals surface area (Å²) in [5, 5.41) is 2.28. The Morgan fingerprint density at radius 2 is 1.23 bits per heavy atom. The first-order chi connectivity index (χ1) is 10.1. The van der Waals surface area contributed by atoms with E-state index in [9.17, 15) is 9.59 Å². The van der Waals surface area contributed by atoms with Gasteiger partial charge in [-0.1, -0.05) is 24.3 Å². The van der Waals surface area contributed by atoms with Gasteiger partial charge in [-0.3, -0.25) is 19.6 Å². The van der Waals surface area contributed by atoms with E-state index in [1.54, 1.807) is 12.4 Å². The Balaban J connectivity index is 0.000000264. The van der Waals surface area contributed by atoms with Gasteiger partial charge in [0, 0.05) is 23.2 Å². The van der Waals surface area contributed by atoms with Gasteiger partial charge in [0.15, 0.2) is 0 Å². The van der Waals surface area contributed by atoms with Crippen molar-refractivity contribution in [3.63, 3.8) is 0 Å². The summed E-state index contributed by atoms with van der Waals surface area (Å²) in [6.45, 7) is 2.81. The summed E-state index contributed by atoms with van der Waals surface area (Å²) in [7, 11) is 0. The van der Waals surface area contributed by atoms with E-state index in [0.717, 1.165) is 21.8 Å². The summed E-state index contributed by atoms with van der Waals surface area (Å²) in [6.07, 6.45) is 3.69. The molecule has 0 saturated carbocycles. The monoisotopic (exact) mass is 382 g/mol. The molecule has 0 atom stereocenters. The summed E-state index contributed by atoms with van der Waals surface area (Å²) in [4.78, 5) is 28.8. The number of nitrogens with zero attached hydrogens (tertiary/aromatic N) is 2. The molecule has 0 fully saturated rings. The summed E-state index contributed by atoms with van der Waals surface area (Å²) in [5.74, 6) is -0.125. The van der Waals surface area contributed by atoms with Gasteiger partial charge in [0.25, 0.3) is 0 Å². The Morgan fingerprint density at radius 1 is 0.818 bits per heavy atom. The Hall–Kier alpha value is -2.00. The topological polar surface area (TPSA) is 59.9 Å². The van der Waals surface area contributed by atoms with Crippen LogP contribution in [0.15, 0.2) is 48.8 Å². The first-order valence-corrected chi connectivity index (χ1v) is 6.65. The molecule has 0 saturated heterocycles. The van der Waals surface area contributed by atoms with Crippen LogP contribution in [0.3, 0.4) is 0 Å². The number of hydrogen-bond donors (Lipinski definition) is 0. The van der Waals surface area contributed by atoms with Crippen molar-refractivity contribution in [2.24, 2.45) is 0 Å². The predicted octanol–water partition coefficient (Wildman–Crippen LogP) is 3.34. The van der Waals surface area contributed by atoms with Crippen molar-refractivity contribution in [1.29, 1.82) is 0 Å². The quantitative estimate of drug-likeness (QED) is 0.388. The fraction of sp³-hybridized carbons (Fsp3) is 0.176. The standard InChI is InChI=1S/C12H8N2.C5H8O2.Ru/c1-3-9-5-6-10-4-2-8-14-12(10)11(9)13-7-1;1-4(6)3-5(2)7;/h1-8H;3H2,1-2H3;/q;;+3. The molecular formula is C17H16N2O2Ru+3. The maximum atomic E-state index is 10.0. The molecule has 0 aliphatic carbocycles. The molecule has 111 valence electrons. The van der Waals surface area contributed by atoms with Crippen LogP contribution in [0.4, 0.5) is 0 Å². The molecule has 2 aromatic heterocycles. The second-order valence-corrected chi connectivity index (χ2v) is 4.80. The molecule has 0 aliphatic heterocycles. The van der Waals surface area contributed by atoms with E-state index in [1.165, 1.54) is 13.8 Å². The van der Waals surface area contributed by atoms with Crippen LogP contribution in [-0.4, -0.2) is 21.5 Å². The second-order valence-electron chi connectivity index (χ2n) is 4.80. The minimum atomic E-state index is -0.0625. The van der Waals surface area contributed by atoms with Crippen molar-refractivity contribution in [3.05, 3.63) is 48.8 Å². The van der Waals surface area contributed by atoms with E-state index in [0.29, 0.717) is 0 Å². The third-order valence-corrected chi connectivity index (χ3v) is 2.84. The maximum absolute atomic E-state index is 10.0. The minimum Gasteiger partial charge on any atom is -0.300 e. The minimum absolute atomic E-state index is 0. The molecule has 3 aromatic rings. The molecule has 5 heteroatoms. The number of fused-ring (bicyclic) bond motifs is 3. The van der Waals surface area contributed by atoms with E-state index in [4.69, 9.17) is 0 Å². The molecule has 0 spiro atoms. The van der Waals surface area contributed by atoms with Crippen molar-refractivity contribution in [2.45, 2.75) is 20.3 Å². The Morgan fingerprint density at radius 3 is 1.55 bits per heavy atom. The molecule has 22 heavy (non-hydrogen) atoms. The van der Waals surface area contributed by atoms with E-state index in [1.807, 2.05) is 12.1 Å². The first-order valence-electron chi connectivity index (χ1n) is 6.65. The van der Waals surface area contributed by atoms with E-state index in [2.05, 4.69) is 34.2 Å². The van der Waals surface area contributed by atoms with Crippen LogP contribution in [-0.2, 0) is 29.1 Å². The van der Waals surface area contributed by atoms with Crippen LogP contribution < -0.4 is 0 Å². The Labute approximate surface area is 141 Å². The van der Waals surface area contributed by atoms with Crippen LogP contribution in [0.2, 0.25) is 0 Å². The van der Waals surface area contributed by atoms with Gasteiger partial charge in [0.05, 0.1) is 17.5 Å². The molecule has 0 unspecified atom stereocenters. The van der Waals surface area contributed by atoms with Gasteiger partial charge >= 0.3 is 19.5 Å². The van der Waals surface area contributed by atoms with Gasteiger partial charge < -0.3 is 0 Å². The van der Waals surface area contributed by atoms with Gasteiger partial charge in [-0.05, 0) is 26.0 Å². The van der Waals surface area contributed by atoms with Crippen LogP contribution in [0, 0.1) is 0 Å². The average Bonchev–Trinajstić information content (AvgIpc) is 2.46. The molecule has 2 heterocycles. The molecule has 0 N–H and O–H groups in total. The molecule has 0 bridgehead atoms. The molecule has 0 amide bonds. The zero-order chi connectivity index (χ0) is 15.2. The number of carbonyl (C=O) groups is 2. The number of pyridine rings is 2. The van der Waals surface area contributed by atoms with Crippen molar-refractivity contribution >= 4 is 33.4 Å². The van der Waals surface area contributed by atoms with Crippen LogP contribution in [0.5, 0.6) is 0 Å². The zero-order valence-electron chi connectivity index (χ0n) is 12.4. The van der Waals surface area contributed by atoms with Crippen molar-refractivity contribution < 1.29 is 29.1 Å². The molecule has 3 rings (SSSR count). The fourth-order valence-electron chi connectivity index (χ4n) is 2.03. The van der Waals surface area contributed by atoms with E-state index >= 15 is 0 Å². The van der Waals surface area contributed by atoms with Gasteiger partial charge in [-0.15, -0.1) is 0 Å². The van der Waals surface area contributed by atoms with Crippen molar-refractivity contribution in [2.75, 3.05) is 0 Å². The second kappa shape index (κ2) is 8.45. The fourth-order valence-corrected chi connectivity index (χ4v) is 2.03. The number of benzene rings is 1. The first kappa shape index (κ1) is 18.1. The van der Waals surface area contributed by atoms with E-state index in [-0.39, 0.29) is 37.5 Å². The number of rotatable bonds is 2. The number of carbonyl (C=O) groups excluding carboxylic acids is 2. The van der Waals surface area contributed by atoms with Crippen molar-refractivity contribution in [1.82, 2.24) is 9.97 Å². The smallest absolute Gasteiger partial charge is 0.300 e. The Kier molecular flexibility index (Phi) is 6.93. The van der Waals surface area contributed by atoms with Gasteiger partial charge in [-0.25, -0.2) is 0 Å². The number of aromatic nitrogens is 2. The van der Waals surface area contributed by atoms with Crippen LogP contribution in [0.25, 0.3) is 21.8 Å². The summed E-state index contributed by atoms with van der Waals surface area (Å²) in [6, 6.07) is 12.1. The van der Waals surface area contributed by atoms with Gasteiger partial charge in [0.1, 0.15) is 11.6 Å². The van der Waals surface area contributed by atoms with Gasteiger partial charge in [0.2, 0.25) is 0 Å². The molecule has 1 aromatic carbocycles. The maximum Gasteiger partial charge on any atom is 3.00 e. The molecular weight excluding hydrogens is 365 g/mol. The number of ketones is 2. The molecule has 4 nitrogen and oxygen atoms in total. The number of hydrogen-bond acceptors (Lipinski definition) is 4. The third kappa shape index (κ3) is 4.78. The SMILES string of the molecule is CC(=O)CC(C)=O.[Ru+3].c1cnc2c(c1)ccc1cccnc12. The Bertz CT molecular complexity index is 736. The van der Waals surface area contributed by atoms with Crippen LogP contribution >= 0.6 is 0 Å². The third-order valence-electron chi connectivity index (χ3n) is 2.84. The van der Waals surface area contributed by atoms with E-state index < -0.39 is 0 Å². The summed E-state index contributed by atoms with van der Waals surface area (Å²) in [5.41, 5.74) is 1.95. The average molecular weight is 381 g/mol. The summed E-state index contributed by atoms with van der Waals surface area (Å²) < 4.78 is 0. The normalized spacial score (nSPS) is 9.55. The molecule has 1 radical (unpaired) electrons.